The van der Waals surface area contributed by atoms with Crippen molar-refractivity contribution < 1.29 is 13.9 Å². The van der Waals surface area contributed by atoms with Gasteiger partial charge in [-0.2, -0.15) is 0 Å². The largest absolute Gasteiger partial charge is 0.489 e. The molecule has 2 aromatic rings. The lowest BCUT2D eigenvalue weighted by atomic mass is 10.1. The zero-order valence-corrected chi connectivity index (χ0v) is 15.4. The van der Waals surface area contributed by atoms with Gasteiger partial charge in [0.2, 0.25) is 5.91 Å². The smallest absolute Gasteiger partial charge is 0.221 e. The lowest BCUT2D eigenvalue weighted by molar-refractivity contribution is -0.121. The molecule has 140 valence electrons. The van der Waals surface area contributed by atoms with Crippen molar-refractivity contribution in [3.8, 4) is 5.75 Å². The summed E-state index contributed by atoms with van der Waals surface area (Å²) in [5.74, 6) is 1.80. The van der Waals surface area contributed by atoms with Gasteiger partial charge in [-0.05, 0) is 31.0 Å². The van der Waals surface area contributed by atoms with E-state index in [2.05, 4.69) is 23.2 Å². The number of fused-ring (bicyclic) bond motifs is 1. The number of nitrogens with zero attached hydrogens (tertiary/aromatic N) is 1. The number of amides is 1. The third-order valence-electron chi connectivity index (χ3n) is 4.70. The maximum atomic E-state index is 12.2. The molecule has 5 nitrogen and oxygen atoms in total. The van der Waals surface area contributed by atoms with Crippen molar-refractivity contribution in [1.82, 2.24) is 10.2 Å². The Morgan fingerprint density at radius 1 is 1.27 bits per heavy atom. The van der Waals surface area contributed by atoms with Crippen molar-refractivity contribution in [2.24, 2.45) is 0 Å². The Hall–Kier alpha value is -2.27. The van der Waals surface area contributed by atoms with Crippen LogP contribution in [0.4, 0.5) is 0 Å². The molecule has 26 heavy (non-hydrogen) atoms. The molecule has 0 unspecified atom stereocenters. The van der Waals surface area contributed by atoms with E-state index in [1.54, 1.807) is 6.26 Å². The summed E-state index contributed by atoms with van der Waals surface area (Å²) >= 11 is 0. The predicted molar refractivity (Wildman–Crippen MR) is 101 cm³/mol. The molecule has 2 heterocycles. The standard InChI is InChI=1S/C21H28N2O3/c1-2-3-8-19-16-23(15-17-7-4-5-10-20(17)26-19)12-11-21(24)22-14-18-9-6-13-25-18/h4-7,9-10,13,19H,2-3,8,11-12,14-16H2,1H3,(H,22,24)/t19-/m1/s1. The number of unbranched alkanes of at least 4 members (excludes halogenated alkanes) is 1. The first-order valence-corrected chi connectivity index (χ1v) is 9.50. The fourth-order valence-corrected chi connectivity index (χ4v) is 3.26. The normalized spacial score (nSPS) is 17.2. The monoisotopic (exact) mass is 356 g/mol. The fourth-order valence-electron chi connectivity index (χ4n) is 3.26. The molecule has 0 fully saturated rings. The van der Waals surface area contributed by atoms with Gasteiger partial charge in [-0.25, -0.2) is 0 Å². The molecule has 0 aliphatic carbocycles. The van der Waals surface area contributed by atoms with Gasteiger partial charge in [0, 0.05) is 31.6 Å². The third-order valence-corrected chi connectivity index (χ3v) is 4.70. The van der Waals surface area contributed by atoms with Crippen LogP contribution < -0.4 is 10.1 Å². The van der Waals surface area contributed by atoms with Gasteiger partial charge in [0.1, 0.15) is 17.6 Å². The highest BCUT2D eigenvalue weighted by Crippen LogP contribution is 2.26. The molecule has 0 bridgehead atoms. The van der Waals surface area contributed by atoms with Gasteiger partial charge in [0.15, 0.2) is 0 Å². The number of furan rings is 1. The van der Waals surface area contributed by atoms with E-state index in [1.807, 2.05) is 30.3 Å². The summed E-state index contributed by atoms with van der Waals surface area (Å²) in [6.07, 6.45) is 5.65. The van der Waals surface area contributed by atoms with Gasteiger partial charge < -0.3 is 14.5 Å². The van der Waals surface area contributed by atoms with E-state index in [0.29, 0.717) is 13.0 Å². The number of benzene rings is 1. The number of carbonyl (C=O) groups is 1. The van der Waals surface area contributed by atoms with Crippen molar-refractivity contribution in [2.75, 3.05) is 13.1 Å². The predicted octanol–water partition coefficient (Wildman–Crippen LogP) is 3.74. The molecule has 0 saturated carbocycles. The molecule has 1 aliphatic rings. The number of hydrogen-bond acceptors (Lipinski definition) is 4. The first-order valence-electron chi connectivity index (χ1n) is 9.50. The fraction of sp³-hybridized carbons (Fsp3) is 0.476. The number of rotatable bonds is 8. The Bertz CT molecular complexity index is 684. The molecular formula is C21H28N2O3. The second-order valence-electron chi connectivity index (χ2n) is 6.83. The Morgan fingerprint density at radius 3 is 2.96 bits per heavy atom. The van der Waals surface area contributed by atoms with Crippen LogP contribution in [-0.2, 0) is 17.9 Å². The van der Waals surface area contributed by atoms with E-state index < -0.39 is 0 Å². The van der Waals surface area contributed by atoms with E-state index in [4.69, 9.17) is 9.15 Å². The average molecular weight is 356 g/mol. The summed E-state index contributed by atoms with van der Waals surface area (Å²) in [5.41, 5.74) is 1.20. The van der Waals surface area contributed by atoms with Crippen LogP contribution in [0.15, 0.2) is 47.1 Å². The number of para-hydroxylation sites is 1. The highest BCUT2D eigenvalue weighted by Gasteiger charge is 2.22. The zero-order valence-electron chi connectivity index (χ0n) is 15.4. The molecule has 1 aromatic heterocycles. The second kappa shape index (κ2) is 9.43. The molecule has 0 saturated heterocycles. The molecule has 1 aliphatic heterocycles. The number of hydrogen-bond donors (Lipinski definition) is 1. The Labute approximate surface area is 155 Å². The van der Waals surface area contributed by atoms with E-state index in [0.717, 1.165) is 50.4 Å². The lowest BCUT2D eigenvalue weighted by Gasteiger charge is -2.23. The quantitative estimate of drug-likeness (QED) is 0.783. The summed E-state index contributed by atoms with van der Waals surface area (Å²) in [6, 6.07) is 11.9. The van der Waals surface area contributed by atoms with Gasteiger partial charge in [-0.3, -0.25) is 9.69 Å². The van der Waals surface area contributed by atoms with E-state index in [1.165, 1.54) is 5.56 Å². The number of ether oxygens (including phenoxy) is 1. The van der Waals surface area contributed by atoms with Crippen LogP contribution in [-0.4, -0.2) is 30.0 Å². The maximum Gasteiger partial charge on any atom is 0.221 e. The van der Waals surface area contributed by atoms with Crippen LogP contribution in [0.2, 0.25) is 0 Å². The van der Waals surface area contributed by atoms with Crippen molar-refractivity contribution >= 4 is 5.91 Å². The van der Waals surface area contributed by atoms with Crippen molar-refractivity contribution in [1.29, 1.82) is 0 Å². The second-order valence-corrected chi connectivity index (χ2v) is 6.83. The van der Waals surface area contributed by atoms with E-state index in [9.17, 15) is 4.79 Å². The molecule has 5 heteroatoms. The topological polar surface area (TPSA) is 54.7 Å². The van der Waals surface area contributed by atoms with Crippen LogP contribution in [0.1, 0.15) is 43.9 Å². The summed E-state index contributed by atoms with van der Waals surface area (Å²) in [6.45, 7) is 5.05. The molecule has 1 amide bonds. The summed E-state index contributed by atoms with van der Waals surface area (Å²) < 4.78 is 11.5. The molecule has 1 N–H and O–H groups in total. The average Bonchev–Trinajstić information content (AvgIpc) is 3.10. The molecule has 3 rings (SSSR count). The van der Waals surface area contributed by atoms with Crippen LogP contribution >= 0.6 is 0 Å². The molecule has 0 spiro atoms. The van der Waals surface area contributed by atoms with Gasteiger partial charge >= 0.3 is 0 Å². The van der Waals surface area contributed by atoms with Crippen LogP contribution in [0, 0.1) is 0 Å². The van der Waals surface area contributed by atoms with Crippen LogP contribution in [0.25, 0.3) is 0 Å². The van der Waals surface area contributed by atoms with E-state index in [-0.39, 0.29) is 12.0 Å². The number of nitrogens with one attached hydrogen (secondary N) is 1. The zero-order chi connectivity index (χ0) is 18.2. The summed E-state index contributed by atoms with van der Waals surface area (Å²) in [7, 11) is 0. The Balaban J connectivity index is 1.54. The lowest BCUT2D eigenvalue weighted by Crippen LogP contribution is -2.35. The summed E-state index contributed by atoms with van der Waals surface area (Å²) in [5, 5.41) is 2.91. The number of carbonyl (C=O) groups excluding carboxylic acids is 1. The highest BCUT2D eigenvalue weighted by atomic mass is 16.5. The van der Waals surface area contributed by atoms with Crippen molar-refractivity contribution in [3.63, 3.8) is 0 Å². The SMILES string of the molecule is CCCC[C@@H]1CN(CCC(=O)NCc2ccco2)Cc2ccccc2O1. The molecule has 1 atom stereocenters. The van der Waals surface area contributed by atoms with Gasteiger partial charge in [0.05, 0.1) is 12.8 Å². The minimum atomic E-state index is 0.0463. The minimum Gasteiger partial charge on any atom is -0.489 e. The van der Waals surface area contributed by atoms with Gasteiger partial charge in [-0.1, -0.05) is 31.5 Å². The van der Waals surface area contributed by atoms with Crippen molar-refractivity contribution in [2.45, 2.75) is 51.8 Å². The first kappa shape index (κ1) is 18.5. The highest BCUT2D eigenvalue weighted by molar-refractivity contribution is 5.75. The maximum absolute atomic E-state index is 12.2. The molecular weight excluding hydrogens is 328 g/mol. The summed E-state index contributed by atoms with van der Waals surface area (Å²) in [4.78, 5) is 14.5. The Kier molecular flexibility index (Phi) is 6.72. The Morgan fingerprint density at radius 2 is 2.15 bits per heavy atom. The third kappa shape index (κ3) is 5.36. The van der Waals surface area contributed by atoms with Gasteiger partial charge in [-0.15, -0.1) is 0 Å². The molecule has 0 radical (unpaired) electrons. The van der Waals surface area contributed by atoms with E-state index >= 15 is 0 Å². The van der Waals surface area contributed by atoms with Gasteiger partial charge in [0.25, 0.3) is 0 Å². The van der Waals surface area contributed by atoms with Crippen molar-refractivity contribution in [3.05, 3.63) is 54.0 Å². The van der Waals surface area contributed by atoms with Crippen LogP contribution in [0.5, 0.6) is 5.75 Å². The first-order chi connectivity index (χ1) is 12.7. The molecule has 1 aromatic carbocycles. The van der Waals surface area contributed by atoms with Crippen LogP contribution in [0.3, 0.4) is 0 Å². The minimum absolute atomic E-state index is 0.0463.